The van der Waals surface area contributed by atoms with Gasteiger partial charge in [-0.05, 0) is 6.92 Å². The molecule has 5 nitrogen and oxygen atoms in total. The first-order chi connectivity index (χ1) is 8.71. The van der Waals surface area contributed by atoms with E-state index in [1.165, 1.54) is 18.3 Å². The van der Waals surface area contributed by atoms with Gasteiger partial charge < -0.3 is 9.47 Å². The number of thiophene rings is 1. The van der Waals surface area contributed by atoms with Crippen LogP contribution >= 0.6 is 11.3 Å². The summed E-state index contributed by atoms with van der Waals surface area (Å²) in [4.78, 5) is 0. The molecule has 0 saturated heterocycles. The molecule has 1 aliphatic rings. The summed E-state index contributed by atoms with van der Waals surface area (Å²) >= 11 is 1.30. The van der Waals surface area contributed by atoms with Crippen molar-refractivity contribution in [1.29, 1.82) is 0 Å². The zero-order valence-electron chi connectivity index (χ0n) is 9.51. The fourth-order valence-corrected chi connectivity index (χ4v) is 2.69. The van der Waals surface area contributed by atoms with Gasteiger partial charge in [0.2, 0.25) is 0 Å². The van der Waals surface area contributed by atoms with Crippen LogP contribution in [0.25, 0.3) is 0 Å². The molecule has 2 rings (SSSR count). The second kappa shape index (κ2) is 4.84. The molecule has 108 valence electrons. The summed E-state index contributed by atoms with van der Waals surface area (Å²) in [5, 5.41) is 3.27. The quantitative estimate of drug-likeness (QED) is 0.631. The van der Waals surface area contributed by atoms with E-state index in [1.54, 1.807) is 10.8 Å². The number of hydrogen-bond acceptors (Lipinski definition) is 6. The predicted octanol–water partition coefficient (Wildman–Crippen LogP) is 2.14. The molecule has 0 aliphatic carbocycles. The maximum Gasteiger partial charge on any atom is 0.523 e. The first kappa shape index (κ1) is 14.4. The third kappa shape index (κ3) is 2.95. The third-order valence-electron chi connectivity index (χ3n) is 2.36. The van der Waals surface area contributed by atoms with Gasteiger partial charge in [-0.3, -0.25) is 4.18 Å². The Labute approximate surface area is 111 Å². The van der Waals surface area contributed by atoms with E-state index >= 15 is 0 Å². The molecule has 1 aromatic rings. The second-order valence-corrected chi connectivity index (χ2v) is 6.08. The van der Waals surface area contributed by atoms with Gasteiger partial charge in [0, 0.05) is 10.8 Å². The minimum absolute atomic E-state index is 0.0850. The van der Waals surface area contributed by atoms with Gasteiger partial charge in [-0.25, -0.2) is 0 Å². The van der Waals surface area contributed by atoms with Gasteiger partial charge in [0.1, 0.15) is 12.7 Å². The highest BCUT2D eigenvalue weighted by atomic mass is 32.2. The summed E-state index contributed by atoms with van der Waals surface area (Å²) < 4.78 is 72.8. The molecule has 0 fully saturated rings. The Morgan fingerprint density at radius 1 is 1.42 bits per heavy atom. The minimum atomic E-state index is -5.64. The summed E-state index contributed by atoms with van der Waals surface area (Å²) in [7, 11) is -5.64. The highest BCUT2D eigenvalue weighted by molar-refractivity contribution is 7.87. The molecule has 0 N–H and O–H groups in total. The molecular weight excluding hydrogens is 309 g/mol. The third-order valence-corrected chi connectivity index (χ3v) is 4.18. The number of hydrogen-bond donors (Lipinski definition) is 0. The van der Waals surface area contributed by atoms with E-state index in [-0.39, 0.29) is 6.61 Å². The predicted molar refractivity (Wildman–Crippen MR) is 59.8 cm³/mol. The number of rotatable bonds is 3. The molecule has 2 heterocycles. The maximum absolute atomic E-state index is 12.2. The Hall–Kier alpha value is -1.00. The maximum atomic E-state index is 12.2. The number of ether oxygens (including phenoxy) is 2. The number of alkyl halides is 3. The standard InChI is InChI=1S/C9H9F3O5S2/c1-5(17-19(13,14)9(10,11)12)6-2-15-7-3-18-4-8(7)16-6/h3-6H,2H2,1H3. The highest BCUT2D eigenvalue weighted by Crippen LogP contribution is 2.36. The van der Waals surface area contributed by atoms with Crippen LogP contribution in [0, 0.1) is 0 Å². The molecule has 0 radical (unpaired) electrons. The Bertz CT molecular complexity index is 550. The Balaban J connectivity index is 2.05. The van der Waals surface area contributed by atoms with Crippen LogP contribution in [0.2, 0.25) is 0 Å². The Morgan fingerprint density at radius 3 is 2.68 bits per heavy atom. The molecular formula is C9H9F3O5S2. The molecule has 0 aromatic carbocycles. The van der Waals surface area contributed by atoms with E-state index < -0.39 is 27.8 Å². The average molecular weight is 318 g/mol. The van der Waals surface area contributed by atoms with Gasteiger partial charge >= 0.3 is 15.6 Å². The Kier molecular flexibility index (Phi) is 3.67. The molecule has 0 spiro atoms. The monoisotopic (exact) mass is 318 g/mol. The first-order valence-corrected chi connectivity index (χ1v) is 7.41. The Morgan fingerprint density at radius 2 is 2.05 bits per heavy atom. The summed E-state index contributed by atoms with van der Waals surface area (Å²) in [5.41, 5.74) is -5.45. The zero-order valence-corrected chi connectivity index (χ0v) is 11.1. The molecule has 1 aromatic heterocycles. The number of fused-ring (bicyclic) bond motifs is 1. The van der Waals surface area contributed by atoms with Gasteiger partial charge in [-0.1, -0.05) is 0 Å². The van der Waals surface area contributed by atoms with Crippen LogP contribution in [0.4, 0.5) is 13.2 Å². The van der Waals surface area contributed by atoms with E-state index in [9.17, 15) is 21.6 Å². The average Bonchev–Trinajstić information content (AvgIpc) is 2.73. The summed E-state index contributed by atoms with van der Waals surface area (Å²) in [6.45, 7) is 1.09. The van der Waals surface area contributed by atoms with Crippen molar-refractivity contribution < 1.29 is 35.2 Å². The molecule has 0 bridgehead atoms. The highest BCUT2D eigenvalue weighted by Gasteiger charge is 2.49. The van der Waals surface area contributed by atoms with Gasteiger partial charge in [0.05, 0.1) is 0 Å². The molecule has 1 aliphatic heterocycles. The van der Waals surface area contributed by atoms with Crippen molar-refractivity contribution in [3.63, 3.8) is 0 Å². The molecule has 0 amide bonds. The van der Waals surface area contributed by atoms with Gasteiger partial charge in [-0.2, -0.15) is 21.6 Å². The van der Waals surface area contributed by atoms with Crippen molar-refractivity contribution in [2.75, 3.05) is 6.61 Å². The van der Waals surface area contributed by atoms with E-state index in [1.807, 2.05) is 0 Å². The molecule has 2 atom stereocenters. The summed E-state index contributed by atoms with van der Waals surface area (Å²) in [6.07, 6.45) is -2.25. The second-order valence-electron chi connectivity index (χ2n) is 3.77. The first-order valence-electron chi connectivity index (χ1n) is 5.06. The lowest BCUT2D eigenvalue weighted by Gasteiger charge is -2.28. The van der Waals surface area contributed by atoms with Crippen LogP contribution in [0.5, 0.6) is 11.5 Å². The number of halogens is 3. The van der Waals surface area contributed by atoms with Crippen LogP contribution in [0.1, 0.15) is 6.92 Å². The molecule has 0 saturated carbocycles. The zero-order chi connectivity index (χ0) is 14.3. The van der Waals surface area contributed by atoms with E-state index in [2.05, 4.69) is 4.18 Å². The molecule has 10 heteroatoms. The summed E-state index contributed by atoms with van der Waals surface area (Å²) in [5.74, 6) is 0.841. The van der Waals surface area contributed by atoms with Gasteiger partial charge in [-0.15, -0.1) is 11.3 Å². The van der Waals surface area contributed by atoms with Crippen molar-refractivity contribution in [2.45, 2.75) is 24.6 Å². The van der Waals surface area contributed by atoms with Crippen LogP contribution in [-0.4, -0.2) is 32.7 Å². The van der Waals surface area contributed by atoms with Crippen LogP contribution in [-0.2, 0) is 14.3 Å². The molecule has 2 unspecified atom stereocenters. The largest absolute Gasteiger partial charge is 0.523 e. The van der Waals surface area contributed by atoms with Gasteiger partial charge in [0.15, 0.2) is 17.6 Å². The van der Waals surface area contributed by atoms with Crippen molar-refractivity contribution in [2.24, 2.45) is 0 Å². The van der Waals surface area contributed by atoms with Gasteiger partial charge in [0.25, 0.3) is 0 Å². The lowest BCUT2D eigenvalue weighted by Crippen LogP contribution is -2.42. The summed E-state index contributed by atoms with van der Waals surface area (Å²) in [6, 6.07) is 0. The van der Waals surface area contributed by atoms with Crippen LogP contribution in [0.3, 0.4) is 0 Å². The lowest BCUT2D eigenvalue weighted by molar-refractivity contribution is -0.0639. The van der Waals surface area contributed by atoms with E-state index in [4.69, 9.17) is 9.47 Å². The topological polar surface area (TPSA) is 61.8 Å². The van der Waals surface area contributed by atoms with Crippen molar-refractivity contribution >= 4 is 21.5 Å². The van der Waals surface area contributed by atoms with Crippen LogP contribution in [0.15, 0.2) is 10.8 Å². The van der Waals surface area contributed by atoms with Crippen molar-refractivity contribution in [3.05, 3.63) is 10.8 Å². The van der Waals surface area contributed by atoms with Crippen LogP contribution < -0.4 is 9.47 Å². The van der Waals surface area contributed by atoms with E-state index in [0.717, 1.165) is 0 Å². The van der Waals surface area contributed by atoms with E-state index in [0.29, 0.717) is 11.5 Å². The SMILES string of the molecule is CC(OS(=O)(=O)C(F)(F)F)C1COc2cscc2O1. The fraction of sp³-hybridized carbons (Fsp3) is 0.556. The minimum Gasteiger partial charge on any atom is -0.485 e. The smallest absolute Gasteiger partial charge is 0.485 e. The molecule has 19 heavy (non-hydrogen) atoms. The normalized spacial score (nSPS) is 21.2. The fourth-order valence-electron chi connectivity index (χ4n) is 1.38. The van der Waals surface area contributed by atoms with Crippen molar-refractivity contribution in [1.82, 2.24) is 0 Å². The lowest BCUT2D eigenvalue weighted by atomic mass is 10.2. The van der Waals surface area contributed by atoms with Crippen molar-refractivity contribution in [3.8, 4) is 11.5 Å².